The number of carbonyl (C=O) groups is 2. The maximum Gasteiger partial charge on any atom is 0.277 e. The molecule has 2 aliphatic carbocycles. The lowest BCUT2D eigenvalue weighted by Gasteiger charge is -2.48. The Hall–Kier alpha value is -1.81. The number of hydrogen-bond acceptors (Lipinski definition) is 2. The topological polar surface area (TPSA) is 40.6 Å². The summed E-state index contributed by atoms with van der Waals surface area (Å²) < 4.78 is 0. The van der Waals surface area contributed by atoms with Gasteiger partial charge in [0, 0.05) is 0 Å². The highest BCUT2D eigenvalue weighted by Crippen LogP contribution is 2.50. The normalized spacial score (nSPS) is 36.3. The quantitative estimate of drug-likeness (QED) is 0.430. The first-order valence-electron chi connectivity index (χ1n) is 9.72. The number of hydrazine groups is 1. The predicted octanol–water partition coefficient (Wildman–Crippen LogP) is 3.62. The van der Waals surface area contributed by atoms with E-state index in [0.717, 1.165) is 18.8 Å². The van der Waals surface area contributed by atoms with Crippen molar-refractivity contribution in [2.45, 2.75) is 49.4 Å². The van der Waals surface area contributed by atoms with Gasteiger partial charge >= 0.3 is 0 Å². The molecular formula is C21H23ClN2O2. The van der Waals surface area contributed by atoms with Gasteiger partial charge in [0.05, 0.1) is 12.6 Å². The van der Waals surface area contributed by atoms with Gasteiger partial charge in [0.25, 0.3) is 11.8 Å². The van der Waals surface area contributed by atoms with Gasteiger partial charge in [0.15, 0.2) is 0 Å². The molecule has 26 heavy (non-hydrogen) atoms. The van der Waals surface area contributed by atoms with Gasteiger partial charge in [-0.15, -0.1) is 0 Å². The van der Waals surface area contributed by atoms with Crippen LogP contribution in [0.2, 0.25) is 0 Å². The van der Waals surface area contributed by atoms with E-state index in [9.17, 15) is 9.59 Å². The van der Waals surface area contributed by atoms with Crippen LogP contribution in [-0.4, -0.2) is 34.4 Å². The third-order valence-corrected chi connectivity index (χ3v) is 7.33. The highest BCUT2D eigenvalue weighted by Gasteiger charge is 2.62. The second kappa shape index (κ2) is 5.85. The molecule has 0 aromatic heterocycles. The number of amides is 2. The molecule has 1 saturated heterocycles. The SMILES string of the molecule is O=C1N2CC=C3C4CCCCC4CCC3N2C(=O)C1(Cl)c1ccccc1. The minimum Gasteiger partial charge on any atom is -0.270 e. The van der Waals surface area contributed by atoms with E-state index in [1.54, 1.807) is 22.2 Å². The van der Waals surface area contributed by atoms with Gasteiger partial charge in [0.2, 0.25) is 4.87 Å². The van der Waals surface area contributed by atoms with E-state index in [-0.39, 0.29) is 17.9 Å². The third-order valence-electron chi connectivity index (χ3n) is 6.79. The second-order valence-corrected chi connectivity index (χ2v) is 8.58. The Bertz CT molecular complexity index is 792. The maximum atomic E-state index is 13.4. The van der Waals surface area contributed by atoms with Crippen LogP contribution in [0.5, 0.6) is 0 Å². The van der Waals surface area contributed by atoms with Crippen molar-refractivity contribution in [3.8, 4) is 0 Å². The molecule has 5 heteroatoms. The van der Waals surface area contributed by atoms with Crippen LogP contribution in [0.4, 0.5) is 0 Å². The fourth-order valence-electron chi connectivity index (χ4n) is 5.55. The number of fused-ring (bicyclic) bond motifs is 5. The summed E-state index contributed by atoms with van der Waals surface area (Å²) in [5.41, 5.74) is 1.95. The fourth-order valence-corrected chi connectivity index (χ4v) is 5.86. The first-order valence-corrected chi connectivity index (χ1v) is 10.1. The minimum atomic E-state index is -1.62. The molecule has 0 spiro atoms. The van der Waals surface area contributed by atoms with Gasteiger partial charge < -0.3 is 0 Å². The van der Waals surface area contributed by atoms with Crippen LogP contribution in [0, 0.1) is 11.8 Å². The summed E-state index contributed by atoms with van der Waals surface area (Å²) in [6, 6.07) is 9.06. The Labute approximate surface area is 158 Å². The highest BCUT2D eigenvalue weighted by atomic mass is 35.5. The molecule has 0 bridgehead atoms. The molecule has 4 unspecified atom stereocenters. The molecule has 0 radical (unpaired) electrons. The number of halogens is 1. The zero-order valence-electron chi connectivity index (χ0n) is 14.7. The fraction of sp³-hybridized carbons (Fsp3) is 0.524. The number of alkyl halides is 1. The van der Waals surface area contributed by atoms with E-state index in [0.29, 0.717) is 18.0 Å². The zero-order chi connectivity index (χ0) is 17.9. The molecule has 5 rings (SSSR count). The summed E-state index contributed by atoms with van der Waals surface area (Å²) in [4.78, 5) is 24.9. The average Bonchev–Trinajstić information content (AvgIpc) is 2.90. The zero-order valence-corrected chi connectivity index (χ0v) is 15.5. The molecule has 0 N–H and O–H groups in total. The van der Waals surface area contributed by atoms with Gasteiger partial charge in [-0.05, 0) is 48.7 Å². The standard InChI is InChI=1S/C21H23ClN2O2/c22-21(15-7-2-1-3-8-15)19(25)23-13-12-17-16-9-5-4-6-14(16)10-11-18(17)24(23)20(21)26/h1-3,7-8,12,14,16,18H,4-6,9-11,13H2. The lowest BCUT2D eigenvalue weighted by atomic mass is 9.66. The smallest absolute Gasteiger partial charge is 0.270 e. The molecule has 4 nitrogen and oxygen atoms in total. The van der Waals surface area contributed by atoms with E-state index in [1.165, 1.54) is 31.3 Å². The summed E-state index contributed by atoms with van der Waals surface area (Å²) in [5, 5.41) is 3.28. The Morgan fingerprint density at radius 2 is 1.73 bits per heavy atom. The number of hydrogen-bond donors (Lipinski definition) is 0. The van der Waals surface area contributed by atoms with Gasteiger partial charge in [0.1, 0.15) is 0 Å². The molecule has 2 aliphatic heterocycles. The van der Waals surface area contributed by atoms with Crippen molar-refractivity contribution >= 4 is 23.4 Å². The van der Waals surface area contributed by atoms with Crippen molar-refractivity contribution in [3.05, 3.63) is 47.5 Å². The predicted molar refractivity (Wildman–Crippen MR) is 99.1 cm³/mol. The summed E-state index contributed by atoms with van der Waals surface area (Å²) in [6.07, 6.45) is 9.39. The Morgan fingerprint density at radius 1 is 0.962 bits per heavy atom. The van der Waals surface area contributed by atoms with Gasteiger partial charge in [-0.3, -0.25) is 9.59 Å². The summed E-state index contributed by atoms with van der Waals surface area (Å²) in [6.45, 7) is 0.459. The molecular weight excluding hydrogens is 348 g/mol. The van der Waals surface area contributed by atoms with Crippen molar-refractivity contribution in [1.82, 2.24) is 10.0 Å². The molecule has 136 valence electrons. The molecule has 2 saturated carbocycles. The van der Waals surface area contributed by atoms with Crippen LogP contribution in [0.15, 0.2) is 42.0 Å². The molecule has 4 aliphatic rings. The summed E-state index contributed by atoms with van der Waals surface area (Å²) in [7, 11) is 0. The lowest BCUT2D eigenvalue weighted by Crippen LogP contribution is -2.54. The van der Waals surface area contributed by atoms with Crippen molar-refractivity contribution in [2.24, 2.45) is 11.8 Å². The second-order valence-electron chi connectivity index (χ2n) is 8.01. The molecule has 4 atom stereocenters. The van der Waals surface area contributed by atoms with Crippen LogP contribution in [0.1, 0.15) is 44.1 Å². The molecule has 1 aromatic carbocycles. The van der Waals surface area contributed by atoms with E-state index in [2.05, 4.69) is 6.08 Å². The van der Waals surface area contributed by atoms with E-state index >= 15 is 0 Å². The van der Waals surface area contributed by atoms with E-state index < -0.39 is 4.87 Å². The van der Waals surface area contributed by atoms with Crippen LogP contribution >= 0.6 is 11.6 Å². The lowest BCUT2D eigenvalue weighted by molar-refractivity contribution is -0.152. The van der Waals surface area contributed by atoms with E-state index in [4.69, 9.17) is 11.6 Å². The Morgan fingerprint density at radius 3 is 2.54 bits per heavy atom. The van der Waals surface area contributed by atoms with Crippen molar-refractivity contribution in [1.29, 1.82) is 0 Å². The first-order chi connectivity index (χ1) is 12.6. The van der Waals surface area contributed by atoms with Crippen LogP contribution in [0.25, 0.3) is 0 Å². The molecule has 3 fully saturated rings. The van der Waals surface area contributed by atoms with Gasteiger partial charge in [-0.2, -0.15) is 0 Å². The Balaban J connectivity index is 1.53. The van der Waals surface area contributed by atoms with Crippen molar-refractivity contribution in [2.75, 3.05) is 6.54 Å². The monoisotopic (exact) mass is 370 g/mol. The Kier molecular flexibility index (Phi) is 3.68. The summed E-state index contributed by atoms with van der Waals surface area (Å²) >= 11 is 6.73. The summed E-state index contributed by atoms with van der Waals surface area (Å²) in [5.74, 6) is 0.743. The number of nitrogens with zero attached hydrogens (tertiary/aromatic N) is 2. The molecule has 2 amide bonds. The molecule has 1 aromatic rings. The van der Waals surface area contributed by atoms with Crippen molar-refractivity contribution < 1.29 is 9.59 Å². The van der Waals surface area contributed by atoms with Crippen LogP contribution < -0.4 is 0 Å². The number of rotatable bonds is 1. The number of benzene rings is 1. The van der Waals surface area contributed by atoms with Gasteiger partial charge in [-0.1, -0.05) is 60.9 Å². The molecule has 2 heterocycles. The third kappa shape index (κ3) is 2.08. The largest absolute Gasteiger partial charge is 0.277 e. The average molecular weight is 371 g/mol. The minimum absolute atomic E-state index is 0.00360. The van der Waals surface area contributed by atoms with Crippen LogP contribution in [-0.2, 0) is 14.5 Å². The highest BCUT2D eigenvalue weighted by molar-refractivity contribution is 6.47. The number of carbonyl (C=O) groups excluding carboxylic acids is 2. The van der Waals surface area contributed by atoms with Gasteiger partial charge in [-0.25, -0.2) is 10.0 Å². The van der Waals surface area contributed by atoms with E-state index in [1.807, 2.05) is 18.2 Å². The van der Waals surface area contributed by atoms with Crippen molar-refractivity contribution in [3.63, 3.8) is 0 Å². The maximum absolute atomic E-state index is 13.4. The van der Waals surface area contributed by atoms with Crippen LogP contribution in [0.3, 0.4) is 0 Å². The first kappa shape index (κ1) is 16.4.